The number of furan rings is 1. The van der Waals surface area contributed by atoms with Crippen LogP contribution in [-0.2, 0) is 13.0 Å². The third-order valence-corrected chi connectivity index (χ3v) is 5.82. The molecule has 0 atom stereocenters. The van der Waals surface area contributed by atoms with Crippen molar-refractivity contribution in [3.8, 4) is 11.5 Å². The Labute approximate surface area is 181 Å². The van der Waals surface area contributed by atoms with Gasteiger partial charge in [-0.2, -0.15) is 0 Å². The molecule has 158 valence electrons. The highest BCUT2D eigenvalue weighted by molar-refractivity contribution is 6.15. The van der Waals surface area contributed by atoms with Crippen LogP contribution in [0.3, 0.4) is 0 Å². The predicted octanol–water partition coefficient (Wildman–Crippen LogP) is 5.30. The summed E-state index contributed by atoms with van der Waals surface area (Å²) >= 11 is 0. The van der Waals surface area contributed by atoms with Gasteiger partial charge in [0.25, 0.3) is 0 Å². The Morgan fingerprint density at radius 3 is 2.68 bits per heavy atom. The average Bonchev–Trinajstić information content (AvgIpc) is 3.32. The molecule has 3 aromatic rings. The van der Waals surface area contributed by atoms with Gasteiger partial charge in [-0.15, -0.1) is 0 Å². The maximum absolute atomic E-state index is 13.0. The van der Waals surface area contributed by atoms with E-state index < -0.39 is 0 Å². The van der Waals surface area contributed by atoms with E-state index in [4.69, 9.17) is 13.9 Å². The molecule has 31 heavy (non-hydrogen) atoms. The standard InChI is InChI=1S/C26H25NO4/c1-17-10-11-21(30-17)14-23-24(28)22-13-20-15-27(12-6-9-19-7-4-3-5-8-19)16-29-25(20)18(2)26(22)31-23/h3-5,7-8,10-11,13-14H,6,9,12,15-16H2,1-2H3/b23-14-. The van der Waals surface area contributed by atoms with Gasteiger partial charge in [-0.25, -0.2) is 0 Å². The molecule has 0 amide bonds. The van der Waals surface area contributed by atoms with Crippen LogP contribution < -0.4 is 9.47 Å². The Hall–Kier alpha value is -3.31. The maximum atomic E-state index is 13.0. The molecule has 1 aromatic heterocycles. The van der Waals surface area contributed by atoms with E-state index >= 15 is 0 Å². The predicted molar refractivity (Wildman–Crippen MR) is 118 cm³/mol. The van der Waals surface area contributed by atoms with Gasteiger partial charge in [0.2, 0.25) is 5.78 Å². The summed E-state index contributed by atoms with van der Waals surface area (Å²) in [4.78, 5) is 15.2. The Morgan fingerprint density at radius 2 is 1.90 bits per heavy atom. The van der Waals surface area contributed by atoms with Crippen molar-refractivity contribution in [2.45, 2.75) is 33.2 Å². The van der Waals surface area contributed by atoms with E-state index in [1.807, 2.05) is 38.1 Å². The number of ketones is 1. The van der Waals surface area contributed by atoms with Crippen LogP contribution in [0.4, 0.5) is 0 Å². The van der Waals surface area contributed by atoms with Crippen LogP contribution in [0, 0.1) is 13.8 Å². The van der Waals surface area contributed by atoms with Crippen LogP contribution in [0.25, 0.3) is 6.08 Å². The summed E-state index contributed by atoms with van der Waals surface area (Å²) in [5, 5.41) is 0. The summed E-state index contributed by atoms with van der Waals surface area (Å²) in [5.41, 5.74) is 3.86. The zero-order chi connectivity index (χ0) is 21.4. The van der Waals surface area contributed by atoms with E-state index in [1.54, 1.807) is 6.08 Å². The third-order valence-electron chi connectivity index (χ3n) is 5.82. The molecule has 5 heteroatoms. The first kappa shape index (κ1) is 19.6. The van der Waals surface area contributed by atoms with Crippen LogP contribution >= 0.6 is 0 Å². The second kappa shape index (κ2) is 8.08. The molecule has 5 nitrogen and oxygen atoms in total. The summed E-state index contributed by atoms with van der Waals surface area (Å²) in [5.74, 6) is 3.00. The zero-order valence-corrected chi connectivity index (χ0v) is 17.8. The number of carbonyl (C=O) groups is 1. The molecule has 2 aliphatic heterocycles. The number of hydrogen-bond acceptors (Lipinski definition) is 5. The molecule has 0 saturated carbocycles. The number of aryl methyl sites for hydroxylation is 2. The average molecular weight is 415 g/mol. The van der Waals surface area contributed by atoms with Gasteiger partial charge in [0.1, 0.15) is 29.8 Å². The fourth-order valence-corrected chi connectivity index (χ4v) is 4.25. The molecule has 0 aliphatic carbocycles. The summed E-state index contributed by atoms with van der Waals surface area (Å²) in [6.07, 6.45) is 3.76. The molecule has 2 aliphatic rings. The molecular weight excluding hydrogens is 390 g/mol. The lowest BCUT2D eigenvalue weighted by Crippen LogP contribution is -2.33. The van der Waals surface area contributed by atoms with E-state index in [0.717, 1.165) is 48.6 Å². The van der Waals surface area contributed by atoms with E-state index in [1.165, 1.54) is 5.56 Å². The summed E-state index contributed by atoms with van der Waals surface area (Å²) in [6.45, 7) is 6.08. The summed E-state index contributed by atoms with van der Waals surface area (Å²) in [7, 11) is 0. The second-order valence-corrected chi connectivity index (χ2v) is 8.17. The second-order valence-electron chi connectivity index (χ2n) is 8.17. The normalized spacial score (nSPS) is 16.7. The molecule has 0 bridgehead atoms. The SMILES string of the molecule is Cc1ccc(/C=C2\Oc3c(cc4c(c3C)OCN(CCCc3ccccc3)C4)C2=O)o1. The highest BCUT2D eigenvalue weighted by Gasteiger charge is 2.33. The van der Waals surface area contributed by atoms with Crippen LogP contribution in [0.1, 0.15) is 45.0 Å². The number of rotatable bonds is 5. The highest BCUT2D eigenvalue weighted by Crippen LogP contribution is 2.43. The largest absolute Gasteiger partial charge is 0.477 e. The van der Waals surface area contributed by atoms with Crippen LogP contribution in [-0.4, -0.2) is 24.0 Å². The van der Waals surface area contributed by atoms with E-state index in [0.29, 0.717) is 23.8 Å². The zero-order valence-electron chi connectivity index (χ0n) is 17.8. The van der Waals surface area contributed by atoms with E-state index in [9.17, 15) is 4.79 Å². The fourth-order valence-electron chi connectivity index (χ4n) is 4.25. The van der Waals surface area contributed by atoms with Gasteiger partial charge >= 0.3 is 0 Å². The van der Waals surface area contributed by atoms with Crippen molar-refractivity contribution in [2.75, 3.05) is 13.3 Å². The van der Waals surface area contributed by atoms with Gasteiger partial charge < -0.3 is 13.9 Å². The number of benzene rings is 2. The van der Waals surface area contributed by atoms with Crippen molar-refractivity contribution < 1.29 is 18.7 Å². The molecule has 5 rings (SSSR count). The Morgan fingerprint density at radius 1 is 1.06 bits per heavy atom. The van der Waals surface area contributed by atoms with E-state index in [2.05, 4.69) is 29.2 Å². The minimum absolute atomic E-state index is 0.115. The lowest BCUT2D eigenvalue weighted by molar-refractivity contribution is 0.0932. The minimum atomic E-state index is -0.115. The maximum Gasteiger partial charge on any atom is 0.232 e. The molecule has 3 heterocycles. The molecule has 0 radical (unpaired) electrons. The van der Waals surface area contributed by atoms with Gasteiger partial charge in [-0.3, -0.25) is 9.69 Å². The number of nitrogens with zero attached hydrogens (tertiary/aromatic N) is 1. The lowest BCUT2D eigenvalue weighted by atomic mass is 10.00. The molecule has 0 saturated heterocycles. The topological polar surface area (TPSA) is 51.9 Å². The Kier molecular flexibility index (Phi) is 5.12. The number of Topliss-reactive ketones (excluding diaryl/α,β-unsaturated/α-hetero) is 1. The third kappa shape index (κ3) is 3.89. The van der Waals surface area contributed by atoms with E-state index in [-0.39, 0.29) is 11.5 Å². The molecule has 0 spiro atoms. The smallest absolute Gasteiger partial charge is 0.232 e. The Bertz CT molecular complexity index is 1160. The highest BCUT2D eigenvalue weighted by atomic mass is 16.5. The number of hydrogen-bond donors (Lipinski definition) is 0. The van der Waals surface area contributed by atoms with Crippen molar-refractivity contribution in [2.24, 2.45) is 0 Å². The molecular formula is C26H25NO4. The van der Waals surface area contributed by atoms with Crippen molar-refractivity contribution in [1.82, 2.24) is 4.90 Å². The monoisotopic (exact) mass is 415 g/mol. The quantitative estimate of drug-likeness (QED) is 0.530. The number of fused-ring (bicyclic) bond motifs is 2. The van der Waals surface area contributed by atoms with Crippen molar-refractivity contribution in [3.05, 3.63) is 88.1 Å². The molecule has 2 aromatic carbocycles. The van der Waals surface area contributed by atoms with Crippen LogP contribution in [0.5, 0.6) is 11.5 Å². The molecule has 0 unspecified atom stereocenters. The van der Waals surface area contributed by atoms with Gasteiger partial charge in [0, 0.05) is 30.3 Å². The van der Waals surface area contributed by atoms with Crippen molar-refractivity contribution >= 4 is 11.9 Å². The van der Waals surface area contributed by atoms with Gasteiger partial charge in [0.15, 0.2) is 5.76 Å². The first-order valence-electron chi connectivity index (χ1n) is 10.6. The number of allylic oxidation sites excluding steroid dienone is 1. The lowest BCUT2D eigenvalue weighted by Gasteiger charge is -2.30. The summed E-state index contributed by atoms with van der Waals surface area (Å²) < 4.78 is 17.6. The first-order chi connectivity index (χ1) is 15.1. The van der Waals surface area contributed by atoms with Gasteiger partial charge in [-0.05, 0) is 50.5 Å². The fraction of sp³-hybridized carbons (Fsp3) is 0.269. The van der Waals surface area contributed by atoms with Crippen LogP contribution in [0.2, 0.25) is 0 Å². The van der Waals surface area contributed by atoms with Gasteiger partial charge in [-0.1, -0.05) is 30.3 Å². The number of carbonyl (C=O) groups excluding carboxylic acids is 1. The summed E-state index contributed by atoms with van der Waals surface area (Å²) in [6, 6.07) is 16.1. The van der Waals surface area contributed by atoms with Crippen LogP contribution in [0.15, 0.2) is 58.7 Å². The molecule has 0 fully saturated rings. The van der Waals surface area contributed by atoms with Gasteiger partial charge in [0.05, 0.1) is 5.56 Å². The minimum Gasteiger partial charge on any atom is -0.477 e. The Balaban J connectivity index is 1.31. The number of ether oxygens (including phenoxy) is 2. The molecule has 0 N–H and O–H groups in total. The van der Waals surface area contributed by atoms with Crippen molar-refractivity contribution in [1.29, 1.82) is 0 Å². The van der Waals surface area contributed by atoms with Crippen molar-refractivity contribution in [3.63, 3.8) is 0 Å². The first-order valence-corrected chi connectivity index (χ1v) is 10.6.